The molecular weight excluding hydrogens is 364 g/mol. The molecule has 0 bridgehead atoms. The van der Waals surface area contributed by atoms with E-state index in [1.54, 1.807) is 37.3 Å². The molecule has 1 saturated heterocycles. The van der Waals surface area contributed by atoms with Crippen LogP contribution in [0, 0.1) is 0 Å². The van der Waals surface area contributed by atoms with Crippen LogP contribution in [0.15, 0.2) is 42.5 Å². The van der Waals surface area contributed by atoms with Crippen molar-refractivity contribution >= 4 is 5.78 Å². The smallest absolute Gasteiger partial charge is 0.202 e. The van der Waals surface area contributed by atoms with Gasteiger partial charge in [0.25, 0.3) is 0 Å². The molecule has 2 aromatic carbocycles. The van der Waals surface area contributed by atoms with Gasteiger partial charge in [-0.25, -0.2) is 0 Å². The van der Waals surface area contributed by atoms with Gasteiger partial charge in [0.05, 0.1) is 23.7 Å². The maximum atomic E-state index is 12.8. The van der Waals surface area contributed by atoms with E-state index < -0.39 is 30.5 Å². The molecule has 1 fully saturated rings. The Balaban J connectivity index is 1.45. The summed E-state index contributed by atoms with van der Waals surface area (Å²) >= 11 is 0. The van der Waals surface area contributed by atoms with Crippen molar-refractivity contribution in [2.24, 2.45) is 0 Å². The van der Waals surface area contributed by atoms with Crippen molar-refractivity contribution in [1.29, 1.82) is 0 Å². The number of rotatable bonds is 3. The Kier molecular flexibility index (Phi) is 4.97. The van der Waals surface area contributed by atoms with E-state index in [2.05, 4.69) is 0 Å². The predicted molar refractivity (Wildman–Crippen MR) is 98.7 cm³/mol. The third-order valence-corrected chi connectivity index (χ3v) is 5.18. The van der Waals surface area contributed by atoms with Gasteiger partial charge in [0.2, 0.25) is 6.29 Å². The molecule has 0 aliphatic carbocycles. The van der Waals surface area contributed by atoms with Crippen LogP contribution in [0.4, 0.5) is 0 Å². The molecule has 1 unspecified atom stereocenters. The second kappa shape index (κ2) is 7.43. The Bertz CT molecular complexity index is 852. The summed E-state index contributed by atoms with van der Waals surface area (Å²) in [4.78, 5) is 12.8. The number of aromatic hydroxyl groups is 1. The number of ether oxygens (including phenoxy) is 3. The van der Waals surface area contributed by atoms with Crippen LogP contribution in [0.2, 0.25) is 0 Å². The van der Waals surface area contributed by atoms with E-state index in [1.165, 1.54) is 12.1 Å². The number of hydrogen-bond acceptors (Lipinski definition) is 7. The molecule has 4 rings (SSSR count). The first-order valence-electron chi connectivity index (χ1n) is 9.20. The van der Waals surface area contributed by atoms with E-state index in [0.717, 1.165) is 5.56 Å². The minimum absolute atomic E-state index is 0.0587. The van der Waals surface area contributed by atoms with Gasteiger partial charge < -0.3 is 29.5 Å². The van der Waals surface area contributed by atoms with E-state index in [9.17, 15) is 20.1 Å². The summed E-state index contributed by atoms with van der Waals surface area (Å²) in [6.45, 7) is 1.88. The third kappa shape index (κ3) is 3.56. The Hall–Kier alpha value is -2.61. The lowest BCUT2D eigenvalue weighted by Gasteiger charge is -2.35. The SMILES string of the molecule is C[C@@H]1O[C@@H](Oc2ccc(C3COc4cc(O)ccc4C3=O)cc2)C[C@H](O)[C@@H]1O. The van der Waals surface area contributed by atoms with Crippen molar-refractivity contribution in [2.45, 2.75) is 43.9 Å². The number of Topliss-reactive ketones (excluding diaryl/α,β-unsaturated/α-hetero) is 1. The summed E-state index contributed by atoms with van der Waals surface area (Å²) in [5.41, 5.74) is 1.25. The van der Waals surface area contributed by atoms with Crippen LogP contribution < -0.4 is 9.47 Å². The fraction of sp³-hybridized carbons (Fsp3) is 0.381. The van der Waals surface area contributed by atoms with Gasteiger partial charge in [0.15, 0.2) is 5.78 Å². The Morgan fingerprint density at radius 3 is 2.57 bits per heavy atom. The van der Waals surface area contributed by atoms with Crippen molar-refractivity contribution in [3.63, 3.8) is 0 Å². The number of hydrogen-bond donors (Lipinski definition) is 3. The lowest BCUT2D eigenvalue weighted by Crippen LogP contribution is -2.48. The molecule has 7 heteroatoms. The zero-order chi connectivity index (χ0) is 19.8. The highest BCUT2D eigenvalue weighted by Crippen LogP contribution is 2.35. The van der Waals surface area contributed by atoms with Gasteiger partial charge in [-0.1, -0.05) is 12.1 Å². The average molecular weight is 386 g/mol. The second-order valence-corrected chi connectivity index (χ2v) is 7.16. The highest BCUT2D eigenvalue weighted by atomic mass is 16.7. The summed E-state index contributed by atoms with van der Waals surface area (Å²) in [6, 6.07) is 11.5. The molecular formula is C21H22O7. The number of fused-ring (bicyclic) bond motifs is 1. The maximum Gasteiger partial charge on any atom is 0.202 e. The largest absolute Gasteiger partial charge is 0.508 e. The first-order valence-corrected chi connectivity index (χ1v) is 9.20. The molecule has 0 saturated carbocycles. The predicted octanol–water partition coefficient (Wildman–Crippen LogP) is 1.99. The minimum Gasteiger partial charge on any atom is -0.508 e. The van der Waals surface area contributed by atoms with Crippen LogP contribution in [0.5, 0.6) is 17.2 Å². The molecule has 0 amide bonds. The molecule has 2 aliphatic heterocycles. The number of aliphatic hydroxyl groups excluding tert-OH is 2. The lowest BCUT2D eigenvalue weighted by atomic mass is 9.89. The quantitative estimate of drug-likeness (QED) is 0.741. The number of carbonyl (C=O) groups is 1. The van der Waals surface area contributed by atoms with Gasteiger partial charge in [-0.2, -0.15) is 0 Å². The average Bonchev–Trinajstić information content (AvgIpc) is 2.67. The Morgan fingerprint density at radius 2 is 1.86 bits per heavy atom. The van der Waals surface area contributed by atoms with Crippen molar-refractivity contribution in [2.75, 3.05) is 6.61 Å². The van der Waals surface area contributed by atoms with E-state index in [-0.39, 0.29) is 24.6 Å². The Morgan fingerprint density at radius 1 is 1.11 bits per heavy atom. The van der Waals surface area contributed by atoms with Crippen LogP contribution in [-0.4, -0.2) is 52.3 Å². The van der Waals surface area contributed by atoms with Gasteiger partial charge in [-0.15, -0.1) is 0 Å². The fourth-order valence-corrected chi connectivity index (χ4v) is 3.55. The number of phenolic OH excluding ortho intramolecular Hbond substituents is 1. The molecule has 0 radical (unpaired) electrons. The summed E-state index contributed by atoms with van der Waals surface area (Å²) in [7, 11) is 0. The van der Waals surface area contributed by atoms with Crippen LogP contribution in [0.3, 0.4) is 0 Å². The number of carbonyl (C=O) groups excluding carboxylic acids is 1. The number of benzene rings is 2. The summed E-state index contributed by atoms with van der Waals surface area (Å²) in [5, 5.41) is 29.1. The van der Waals surface area contributed by atoms with Crippen LogP contribution >= 0.6 is 0 Å². The highest BCUT2D eigenvalue weighted by Gasteiger charge is 2.35. The zero-order valence-corrected chi connectivity index (χ0v) is 15.3. The number of phenols is 1. The normalized spacial score (nSPS) is 29.7. The molecule has 148 valence electrons. The molecule has 0 aromatic heterocycles. The molecule has 2 aromatic rings. The van der Waals surface area contributed by atoms with Crippen LogP contribution in [-0.2, 0) is 4.74 Å². The molecule has 5 atom stereocenters. The molecule has 2 aliphatic rings. The van der Waals surface area contributed by atoms with Gasteiger partial charge in [-0.05, 0) is 36.8 Å². The van der Waals surface area contributed by atoms with Gasteiger partial charge in [0.1, 0.15) is 30.0 Å². The van der Waals surface area contributed by atoms with Crippen molar-refractivity contribution in [1.82, 2.24) is 0 Å². The monoisotopic (exact) mass is 386 g/mol. The molecule has 2 heterocycles. The zero-order valence-electron chi connectivity index (χ0n) is 15.3. The Labute approximate surface area is 162 Å². The number of ketones is 1. The second-order valence-electron chi connectivity index (χ2n) is 7.16. The summed E-state index contributed by atoms with van der Waals surface area (Å²) < 4.78 is 16.9. The standard InChI is InChI=1S/C21H22O7/c1-11-20(24)17(23)9-19(27-11)28-14-5-2-12(3-6-14)16-10-26-18-8-13(22)4-7-15(18)21(16)25/h2-8,11,16-17,19-20,22-24H,9-10H2,1H3/t11-,16?,17-,19-,20+/m0/s1. The maximum absolute atomic E-state index is 12.8. The fourth-order valence-electron chi connectivity index (χ4n) is 3.55. The lowest BCUT2D eigenvalue weighted by molar-refractivity contribution is -0.216. The molecule has 0 spiro atoms. The molecule has 7 nitrogen and oxygen atoms in total. The summed E-state index contributed by atoms with van der Waals surface area (Å²) in [5.74, 6) is 0.499. The topological polar surface area (TPSA) is 105 Å². The first kappa shape index (κ1) is 18.7. The third-order valence-electron chi connectivity index (χ3n) is 5.18. The molecule has 3 N–H and O–H groups in total. The van der Waals surface area contributed by atoms with Gasteiger partial charge in [0, 0.05) is 12.5 Å². The van der Waals surface area contributed by atoms with Crippen molar-refractivity contribution in [3.05, 3.63) is 53.6 Å². The summed E-state index contributed by atoms with van der Waals surface area (Å²) in [6.07, 6.45) is -2.83. The van der Waals surface area contributed by atoms with Crippen LogP contribution in [0.25, 0.3) is 0 Å². The van der Waals surface area contributed by atoms with E-state index >= 15 is 0 Å². The van der Waals surface area contributed by atoms with Crippen molar-refractivity contribution < 1.29 is 34.3 Å². The minimum atomic E-state index is -0.927. The van der Waals surface area contributed by atoms with Crippen LogP contribution in [0.1, 0.15) is 35.2 Å². The first-order chi connectivity index (χ1) is 13.4. The van der Waals surface area contributed by atoms with E-state index in [4.69, 9.17) is 14.2 Å². The molecule has 28 heavy (non-hydrogen) atoms. The highest BCUT2D eigenvalue weighted by molar-refractivity contribution is 6.04. The number of aliphatic hydroxyl groups is 2. The van der Waals surface area contributed by atoms with Gasteiger partial charge in [-0.3, -0.25) is 4.79 Å². The van der Waals surface area contributed by atoms with E-state index in [1.807, 2.05) is 0 Å². The van der Waals surface area contributed by atoms with Crippen molar-refractivity contribution in [3.8, 4) is 17.2 Å². The van der Waals surface area contributed by atoms with E-state index in [0.29, 0.717) is 17.1 Å². The van der Waals surface area contributed by atoms with Gasteiger partial charge >= 0.3 is 0 Å².